The van der Waals surface area contributed by atoms with Crippen molar-refractivity contribution in [3.63, 3.8) is 0 Å². The van der Waals surface area contributed by atoms with Crippen LogP contribution in [0.1, 0.15) is 31.2 Å². The zero-order valence-electron chi connectivity index (χ0n) is 14.1. The van der Waals surface area contributed by atoms with E-state index in [9.17, 15) is 9.59 Å². The molecule has 24 heavy (non-hydrogen) atoms. The fourth-order valence-corrected chi connectivity index (χ4v) is 3.96. The number of ether oxygens (including phenoxy) is 1. The molecule has 0 aliphatic heterocycles. The smallest absolute Gasteiger partial charge is 0.306 e. The van der Waals surface area contributed by atoms with Crippen LogP contribution in [0.4, 0.5) is 5.69 Å². The van der Waals surface area contributed by atoms with Gasteiger partial charge in [-0.1, -0.05) is 18.6 Å². The third-order valence-electron chi connectivity index (χ3n) is 4.44. The number of carbonyl (C=O) groups is 2. The normalized spacial score (nSPS) is 19.9. The lowest BCUT2D eigenvalue weighted by Gasteiger charge is -2.17. The molecular weight excluding hydrogens is 324 g/mol. The lowest BCUT2D eigenvalue weighted by Crippen LogP contribution is -2.29. The zero-order valence-corrected chi connectivity index (χ0v) is 14.9. The molecule has 1 aliphatic carbocycles. The van der Waals surface area contributed by atoms with Crippen LogP contribution in [0, 0.1) is 11.8 Å². The first-order chi connectivity index (χ1) is 11.6. The van der Waals surface area contributed by atoms with Gasteiger partial charge in [0.05, 0.1) is 13.5 Å². The number of esters is 1. The molecule has 0 aromatic heterocycles. The number of anilines is 1. The number of amides is 1. The molecule has 0 unspecified atom stereocenters. The highest BCUT2D eigenvalue weighted by Gasteiger charge is 2.31. The average Bonchev–Trinajstić information content (AvgIpc) is 3.07. The van der Waals surface area contributed by atoms with Crippen LogP contribution in [-0.2, 0) is 20.1 Å². The summed E-state index contributed by atoms with van der Waals surface area (Å²) in [5, 5.41) is 3.03. The van der Waals surface area contributed by atoms with Gasteiger partial charge >= 0.3 is 5.97 Å². The second kappa shape index (κ2) is 9.69. The number of thioether (sulfide) groups is 1. The molecule has 132 valence electrons. The van der Waals surface area contributed by atoms with Crippen LogP contribution in [0.2, 0.25) is 0 Å². The summed E-state index contributed by atoms with van der Waals surface area (Å²) in [6, 6.07) is 7.88. The van der Waals surface area contributed by atoms with Gasteiger partial charge in [-0.3, -0.25) is 9.59 Å². The summed E-state index contributed by atoms with van der Waals surface area (Å²) in [7, 11) is 1.40. The molecule has 1 amide bonds. The van der Waals surface area contributed by atoms with Gasteiger partial charge in [-0.05, 0) is 43.0 Å². The van der Waals surface area contributed by atoms with Crippen molar-refractivity contribution in [1.82, 2.24) is 0 Å². The lowest BCUT2D eigenvalue weighted by atomic mass is 9.95. The van der Waals surface area contributed by atoms with Crippen LogP contribution in [0.15, 0.2) is 24.3 Å². The predicted octanol–water partition coefficient (Wildman–Crippen LogP) is 2.80. The topological polar surface area (TPSA) is 81.4 Å². The van der Waals surface area contributed by atoms with E-state index in [1.54, 1.807) is 11.8 Å². The number of hydrogen-bond donors (Lipinski definition) is 2. The molecule has 0 spiro atoms. The van der Waals surface area contributed by atoms with E-state index < -0.39 is 0 Å². The lowest BCUT2D eigenvalue weighted by molar-refractivity contribution is -0.140. The maximum atomic E-state index is 12.4. The fraction of sp³-hybridized carbons (Fsp3) is 0.556. The Hall–Kier alpha value is -1.53. The van der Waals surface area contributed by atoms with E-state index in [1.807, 2.05) is 24.3 Å². The van der Waals surface area contributed by atoms with Crippen LogP contribution in [0.5, 0.6) is 0 Å². The minimum atomic E-state index is -0.186. The van der Waals surface area contributed by atoms with E-state index in [1.165, 1.54) is 7.11 Å². The van der Waals surface area contributed by atoms with E-state index >= 15 is 0 Å². The van der Waals surface area contributed by atoms with Crippen molar-refractivity contribution in [2.24, 2.45) is 17.6 Å². The van der Waals surface area contributed by atoms with Gasteiger partial charge in [0, 0.05) is 23.1 Å². The monoisotopic (exact) mass is 350 g/mol. The third-order valence-corrected chi connectivity index (χ3v) is 5.47. The molecule has 1 aliphatic rings. The SMILES string of the molecule is COC(=O)CCSCc1cccc(NC(=O)[C@@H]2CCC[C@@H]2CN)c1. The first-order valence-corrected chi connectivity index (χ1v) is 9.54. The Bertz CT molecular complexity index is 565. The minimum absolute atomic E-state index is 0.0353. The van der Waals surface area contributed by atoms with E-state index in [4.69, 9.17) is 5.73 Å². The van der Waals surface area contributed by atoms with Crippen LogP contribution in [-0.4, -0.2) is 31.3 Å². The van der Waals surface area contributed by atoms with Gasteiger partial charge in [-0.15, -0.1) is 0 Å². The molecule has 1 fully saturated rings. The largest absolute Gasteiger partial charge is 0.469 e. The Morgan fingerprint density at radius 3 is 2.96 bits per heavy atom. The molecule has 5 nitrogen and oxygen atoms in total. The molecule has 0 bridgehead atoms. The van der Waals surface area contributed by atoms with Crippen LogP contribution in [0.25, 0.3) is 0 Å². The maximum Gasteiger partial charge on any atom is 0.306 e. The Kier molecular flexibility index (Phi) is 7.59. The Balaban J connectivity index is 1.83. The molecule has 1 aromatic rings. The first kappa shape index (κ1) is 18.8. The maximum absolute atomic E-state index is 12.4. The molecule has 0 heterocycles. The van der Waals surface area contributed by atoms with Crippen LogP contribution >= 0.6 is 11.8 Å². The number of rotatable bonds is 8. The summed E-state index contributed by atoms with van der Waals surface area (Å²) in [6.45, 7) is 0.578. The highest BCUT2D eigenvalue weighted by Crippen LogP contribution is 2.32. The van der Waals surface area contributed by atoms with Gasteiger partial charge < -0.3 is 15.8 Å². The second-order valence-corrected chi connectivity index (χ2v) is 7.21. The van der Waals surface area contributed by atoms with Crippen molar-refractivity contribution < 1.29 is 14.3 Å². The van der Waals surface area contributed by atoms with Gasteiger partial charge in [0.2, 0.25) is 5.91 Å². The Morgan fingerprint density at radius 1 is 1.38 bits per heavy atom. The van der Waals surface area contributed by atoms with E-state index in [-0.39, 0.29) is 17.8 Å². The number of hydrogen-bond acceptors (Lipinski definition) is 5. The number of nitrogens with one attached hydrogen (secondary N) is 1. The molecule has 3 N–H and O–H groups in total. The zero-order chi connectivity index (χ0) is 17.4. The summed E-state index contributed by atoms with van der Waals surface area (Å²) in [6.07, 6.45) is 3.47. The molecule has 1 aromatic carbocycles. The van der Waals surface area contributed by atoms with Gasteiger partial charge in [0.25, 0.3) is 0 Å². The molecule has 0 saturated heterocycles. The average molecular weight is 350 g/mol. The summed E-state index contributed by atoms with van der Waals surface area (Å²) >= 11 is 1.68. The van der Waals surface area contributed by atoms with Crippen LogP contribution < -0.4 is 11.1 Å². The molecular formula is C18H26N2O3S. The van der Waals surface area contributed by atoms with Gasteiger partial charge in [0.1, 0.15) is 0 Å². The highest BCUT2D eigenvalue weighted by molar-refractivity contribution is 7.98. The quantitative estimate of drug-likeness (QED) is 0.556. The Labute approximate surface area is 147 Å². The number of carbonyl (C=O) groups excluding carboxylic acids is 2. The molecule has 1 saturated carbocycles. The van der Waals surface area contributed by atoms with Crippen molar-refractivity contribution in [1.29, 1.82) is 0 Å². The molecule has 2 rings (SSSR count). The van der Waals surface area contributed by atoms with Gasteiger partial charge in [-0.2, -0.15) is 11.8 Å². The number of methoxy groups -OCH3 is 1. The van der Waals surface area contributed by atoms with Gasteiger partial charge in [-0.25, -0.2) is 0 Å². The second-order valence-electron chi connectivity index (χ2n) is 6.10. The summed E-state index contributed by atoms with van der Waals surface area (Å²) < 4.78 is 4.62. The summed E-state index contributed by atoms with van der Waals surface area (Å²) in [4.78, 5) is 23.5. The van der Waals surface area contributed by atoms with Gasteiger partial charge in [0.15, 0.2) is 0 Å². The van der Waals surface area contributed by atoms with E-state index in [2.05, 4.69) is 10.1 Å². The minimum Gasteiger partial charge on any atom is -0.469 e. The first-order valence-electron chi connectivity index (χ1n) is 8.38. The summed E-state index contributed by atoms with van der Waals surface area (Å²) in [5.41, 5.74) is 7.72. The number of benzene rings is 1. The van der Waals surface area contributed by atoms with E-state index in [0.717, 1.165) is 42.0 Å². The van der Waals surface area contributed by atoms with Crippen molar-refractivity contribution in [2.75, 3.05) is 24.7 Å². The van der Waals surface area contributed by atoms with E-state index in [0.29, 0.717) is 18.9 Å². The third kappa shape index (κ3) is 5.53. The highest BCUT2D eigenvalue weighted by atomic mass is 32.2. The molecule has 2 atom stereocenters. The summed E-state index contributed by atoms with van der Waals surface area (Å²) in [5.74, 6) is 1.77. The predicted molar refractivity (Wildman–Crippen MR) is 97.8 cm³/mol. The van der Waals surface area contributed by atoms with Crippen molar-refractivity contribution >= 4 is 29.3 Å². The fourth-order valence-electron chi connectivity index (χ4n) is 3.09. The van der Waals surface area contributed by atoms with Crippen molar-refractivity contribution in [3.05, 3.63) is 29.8 Å². The molecule has 6 heteroatoms. The van der Waals surface area contributed by atoms with Crippen LogP contribution in [0.3, 0.4) is 0 Å². The van der Waals surface area contributed by atoms with Crippen molar-refractivity contribution in [3.8, 4) is 0 Å². The Morgan fingerprint density at radius 2 is 2.21 bits per heavy atom. The standard InChI is InChI=1S/C18H26N2O3S/c1-23-17(21)8-9-24-12-13-4-2-6-15(10-13)20-18(22)16-7-3-5-14(16)11-19/h2,4,6,10,14,16H,3,5,7-9,11-12,19H2,1H3,(H,20,22)/t14-,16-/m1/s1. The van der Waals surface area contributed by atoms with Crippen molar-refractivity contribution in [2.45, 2.75) is 31.4 Å². The number of nitrogens with two attached hydrogens (primary N) is 1. The molecule has 0 radical (unpaired) electrons.